The van der Waals surface area contributed by atoms with E-state index >= 15 is 0 Å². The van der Waals surface area contributed by atoms with Crippen molar-refractivity contribution in [3.8, 4) is 0 Å². The average Bonchev–Trinajstić information content (AvgIpc) is 2.48. The summed E-state index contributed by atoms with van der Waals surface area (Å²) in [5.74, 6) is 0.476. The SMILES string of the molecule is CCc1cccc(C)c1NC(=O)CSc1ccccc1. The van der Waals surface area contributed by atoms with Crippen LogP contribution in [0, 0.1) is 6.92 Å². The summed E-state index contributed by atoms with van der Waals surface area (Å²) in [4.78, 5) is 13.2. The van der Waals surface area contributed by atoms with Gasteiger partial charge in [-0.1, -0.05) is 43.3 Å². The molecule has 0 aliphatic rings. The van der Waals surface area contributed by atoms with Gasteiger partial charge in [-0.15, -0.1) is 11.8 Å². The second-order valence-corrected chi connectivity index (χ2v) is 5.66. The quantitative estimate of drug-likeness (QED) is 0.830. The zero-order valence-corrected chi connectivity index (χ0v) is 12.7. The van der Waals surface area contributed by atoms with E-state index in [2.05, 4.69) is 18.3 Å². The zero-order valence-electron chi connectivity index (χ0n) is 11.8. The minimum atomic E-state index is 0.0443. The number of aryl methyl sites for hydroxylation is 2. The lowest BCUT2D eigenvalue weighted by atomic mass is 10.1. The Morgan fingerprint density at radius 2 is 1.85 bits per heavy atom. The molecule has 0 heterocycles. The number of hydrogen-bond acceptors (Lipinski definition) is 2. The van der Waals surface area contributed by atoms with Gasteiger partial charge in [-0.25, -0.2) is 0 Å². The van der Waals surface area contributed by atoms with Gasteiger partial charge in [0.15, 0.2) is 0 Å². The van der Waals surface area contributed by atoms with E-state index < -0.39 is 0 Å². The summed E-state index contributed by atoms with van der Waals surface area (Å²) in [6, 6.07) is 16.1. The van der Waals surface area contributed by atoms with Crippen LogP contribution < -0.4 is 5.32 Å². The molecule has 1 N–H and O–H groups in total. The summed E-state index contributed by atoms with van der Waals surface area (Å²) in [5.41, 5.74) is 3.26. The lowest BCUT2D eigenvalue weighted by Crippen LogP contribution is -2.16. The molecule has 0 saturated heterocycles. The van der Waals surface area contributed by atoms with E-state index in [9.17, 15) is 4.79 Å². The van der Waals surface area contributed by atoms with Crippen LogP contribution in [-0.2, 0) is 11.2 Å². The topological polar surface area (TPSA) is 29.1 Å². The maximum atomic E-state index is 12.1. The number of amides is 1. The molecule has 20 heavy (non-hydrogen) atoms. The molecule has 2 nitrogen and oxygen atoms in total. The van der Waals surface area contributed by atoms with E-state index in [0.29, 0.717) is 5.75 Å². The first-order chi connectivity index (χ1) is 9.70. The number of carbonyl (C=O) groups is 1. The predicted octanol–water partition coefficient (Wildman–Crippen LogP) is 4.29. The fourth-order valence-corrected chi connectivity index (χ4v) is 2.76. The number of hydrogen-bond donors (Lipinski definition) is 1. The molecule has 0 radical (unpaired) electrons. The van der Waals surface area contributed by atoms with Crippen LogP contribution in [0.2, 0.25) is 0 Å². The largest absolute Gasteiger partial charge is 0.325 e. The molecule has 0 unspecified atom stereocenters. The smallest absolute Gasteiger partial charge is 0.234 e. The van der Waals surface area contributed by atoms with Gasteiger partial charge in [0.1, 0.15) is 0 Å². The number of thioether (sulfide) groups is 1. The number of rotatable bonds is 5. The van der Waals surface area contributed by atoms with Gasteiger partial charge in [0.2, 0.25) is 5.91 Å². The van der Waals surface area contributed by atoms with Crippen molar-refractivity contribution in [1.29, 1.82) is 0 Å². The number of nitrogens with one attached hydrogen (secondary N) is 1. The third kappa shape index (κ3) is 3.87. The third-order valence-electron chi connectivity index (χ3n) is 3.12. The second-order valence-electron chi connectivity index (χ2n) is 4.61. The highest BCUT2D eigenvalue weighted by atomic mass is 32.2. The summed E-state index contributed by atoms with van der Waals surface area (Å²) in [5, 5.41) is 3.04. The molecule has 3 heteroatoms. The Balaban J connectivity index is 1.98. The van der Waals surface area contributed by atoms with Crippen LogP contribution in [-0.4, -0.2) is 11.7 Å². The minimum absolute atomic E-state index is 0.0443. The summed E-state index contributed by atoms with van der Waals surface area (Å²) >= 11 is 1.56. The number of carbonyl (C=O) groups excluding carboxylic acids is 1. The monoisotopic (exact) mass is 285 g/mol. The van der Waals surface area contributed by atoms with Crippen molar-refractivity contribution >= 4 is 23.4 Å². The third-order valence-corrected chi connectivity index (χ3v) is 4.13. The molecule has 0 aliphatic carbocycles. The lowest BCUT2D eigenvalue weighted by molar-refractivity contribution is -0.113. The highest BCUT2D eigenvalue weighted by Gasteiger charge is 2.08. The van der Waals surface area contributed by atoms with Crippen LogP contribution in [0.4, 0.5) is 5.69 Å². The molecule has 0 bridgehead atoms. The van der Waals surface area contributed by atoms with Crippen molar-refractivity contribution in [3.63, 3.8) is 0 Å². The number of anilines is 1. The van der Waals surface area contributed by atoms with Crippen LogP contribution >= 0.6 is 11.8 Å². The Bertz CT molecular complexity index is 581. The molecule has 2 rings (SSSR count). The molecule has 0 fully saturated rings. The summed E-state index contributed by atoms with van der Waals surface area (Å²) in [7, 11) is 0. The van der Waals surface area contributed by atoms with E-state index in [1.807, 2.05) is 49.4 Å². The van der Waals surface area contributed by atoms with Crippen LogP contribution in [0.15, 0.2) is 53.4 Å². The van der Waals surface area contributed by atoms with Gasteiger partial charge in [0.05, 0.1) is 5.75 Å². The number of para-hydroxylation sites is 1. The fraction of sp³-hybridized carbons (Fsp3) is 0.235. The molecule has 0 spiro atoms. The molecular weight excluding hydrogens is 266 g/mol. The van der Waals surface area contributed by atoms with Crippen LogP contribution in [0.1, 0.15) is 18.1 Å². The molecular formula is C17H19NOS. The molecule has 1 amide bonds. The van der Waals surface area contributed by atoms with Crippen molar-refractivity contribution in [3.05, 3.63) is 59.7 Å². The van der Waals surface area contributed by atoms with Crippen LogP contribution in [0.25, 0.3) is 0 Å². The lowest BCUT2D eigenvalue weighted by Gasteiger charge is -2.12. The van der Waals surface area contributed by atoms with Gasteiger partial charge in [-0.2, -0.15) is 0 Å². The van der Waals surface area contributed by atoms with Crippen molar-refractivity contribution in [2.75, 3.05) is 11.1 Å². The van der Waals surface area contributed by atoms with Crippen LogP contribution in [0.3, 0.4) is 0 Å². The van der Waals surface area contributed by atoms with E-state index in [0.717, 1.165) is 22.6 Å². The molecule has 0 saturated carbocycles. The van der Waals surface area contributed by atoms with E-state index in [4.69, 9.17) is 0 Å². The first-order valence-corrected chi connectivity index (χ1v) is 7.75. The minimum Gasteiger partial charge on any atom is -0.325 e. The predicted molar refractivity (Wildman–Crippen MR) is 86.4 cm³/mol. The van der Waals surface area contributed by atoms with Gasteiger partial charge in [0.25, 0.3) is 0 Å². The van der Waals surface area contributed by atoms with Crippen molar-refractivity contribution in [2.45, 2.75) is 25.2 Å². The Morgan fingerprint density at radius 1 is 1.10 bits per heavy atom. The van der Waals surface area contributed by atoms with Crippen LogP contribution in [0.5, 0.6) is 0 Å². The molecule has 2 aromatic rings. The Kier molecular flexibility index (Phi) is 5.24. The van der Waals surface area contributed by atoms with E-state index in [1.54, 1.807) is 11.8 Å². The summed E-state index contributed by atoms with van der Waals surface area (Å²) in [6.07, 6.45) is 0.920. The Hall–Kier alpha value is -1.74. The highest BCUT2D eigenvalue weighted by Crippen LogP contribution is 2.22. The van der Waals surface area contributed by atoms with Crippen molar-refractivity contribution in [1.82, 2.24) is 0 Å². The fourth-order valence-electron chi connectivity index (χ4n) is 2.04. The van der Waals surface area contributed by atoms with E-state index in [-0.39, 0.29) is 5.91 Å². The van der Waals surface area contributed by atoms with Gasteiger partial charge in [0, 0.05) is 10.6 Å². The van der Waals surface area contributed by atoms with Gasteiger partial charge in [-0.05, 0) is 36.6 Å². The Labute approximate surface area is 124 Å². The molecule has 2 aromatic carbocycles. The molecule has 0 aromatic heterocycles. The first-order valence-electron chi connectivity index (χ1n) is 6.77. The molecule has 0 atom stereocenters. The summed E-state index contributed by atoms with van der Waals surface area (Å²) in [6.45, 7) is 4.13. The first kappa shape index (κ1) is 14.7. The molecule has 104 valence electrons. The zero-order chi connectivity index (χ0) is 14.4. The standard InChI is InChI=1S/C17H19NOS/c1-3-14-9-7-8-13(2)17(14)18-16(19)12-20-15-10-5-4-6-11-15/h4-11H,3,12H2,1-2H3,(H,18,19). The summed E-state index contributed by atoms with van der Waals surface area (Å²) < 4.78 is 0. The average molecular weight is 285 g/mol. The normalized spacial score (nSPS) is 10.3. The van der Waals surface area contributed by atoms with Gasteiger partial charge >= 0.3 is 0 Å². The van der Waals surface area contributed by atoms with Gasteiger partial charge < -0.3 is 5.32 Å². The molecule has 0 aliphatic heterocycles. The highest BCUT2D eigenvalue weighted by molar-refractivity contribution is 8.00. The number of benzene rings is 2. The van der Waals surface area contributed by atoms with E-state index in [1.165, 1.54) is 5.56 Å². The second kappa shape index (κ2) is 7.15. The van der Waals surface area contributed by atoms with Gasteiger partial charge in [-0.3, -0.25) is 4.79 Å². The maximum absolute atomic E-state index is 12.1. The maximum Gasteiger partial charge on any atom is 0.234 e. The Morgan fingerprint density at radius 3 is 2.55 bits per heavy atom. The van der Waals surface area contributed by atoms with Crippen molar-refractivity contribution < 1.29 is 4.79 Å². The van der Waals surface area contributed by atoms with Crippen molar-refractivity contribution in [2.24, 2.45) is 0 Å².